The van der Waals surface area contributed by atoms with Gasteiger partial charge in [0.2, 0.25) is 0 Å². The summed E-state index contributed by atoms with van der Waals surface area (Å²) in [6.45, 7) is 8.96. The van der Waals surface area contributed by atoms with Crippen LogP contribution in [0.5, 0.6) is 0 Å². The fourth-order valence-corrected chi connectivity index (χ4v) is 5.38. The number of nitrogens with zero attached hydrogens (tertiary/aromatic N) is 5. The Hall–Kier alpha value is -1.13. The summed E-state index contributed by atoms with van der Waals surface area (Å²) >= 11 is 1.87. The molecule has 0 amide bonds. The third kappa shape index (κ3) is 5.97. The molecule has 0 spiro atoms. The van der Waals surface area contributed by atoms with Gasteiger partial charge in [-0.1, -0.05) is 13.0 Å². The zero-order valence-corrected chi connectivity index (χ0v) is 21.3. The van der Waals surface area contributed by atoms with Gasteiger partial charge in [-0.25, -0.2) is 4.98 Å². The molecule has 166 valence electrons. The highest BCUT2D eigenvalue weighted by Gasteiger charge is 2.29. The first-order chi connectivity index (χ1) is 14.2. The molecule has 30 heavy (non-hydrogen) atoms. The minimum absolute atomic E-state index is 0. The summed E-state index contributed by atoms with van der Waals surface area (Å²) in [5.74, 6) is 2.45. The molecule has 8 heteroatoms. The Balaban J connectivity index is 0.00000256. The third-order valence-electron chi connectivity index (χ3n) is 6.55. The number of hydrogen-bond donors (Lipinski definition) is 1. The maximum Gasteiger partial charge on any atom is 0.193 e. The van der Waals surface area contributed by atoms with E-state index in [0.29, 0.717) is 12.0 Å². The van der Waals surface area contributed by atoms with E-state index in [9.17, 15) is 0 Å². The molecule has 0 aliphatic carbocycles. The average molecular weight is 543 g/mol. The quantitative estimate of drug-likeness (QED) is 0.354. The van der Waals surface area contributed by atoms with E-state index in [1.807, 2.05) is 30.9 Å². The first kappa shape index (κ1) is 23.5. The van der Waals surface area contributed by atoms with E-state index in [1.165, 1.54) is 37.2 Å². The molecular formula is C22H35IN6S. The van der Waals surface area contributed by atoms with Crippen LogP contribution in [0, 0.1) is 11.8 Å². The number of thiophene rings is 1. The summed E-state index contributed by atoms with van der Waals surface area (Å²) in [6.07, 6.45) is 9.64. The highest BCUT2D eigenvalue weighted by atomic mass is 127. The largest absolute Gasteiger partial charge is 0.356 e. The van der Waals surface area contributed by atoms with Crippen molar-refractivity contribution in [2.45, 2.75) is 38.8 Å². The van der Waals surface area contributed by atoms with E-state index >= 15 is 0 Å². The maximum absolute atomic E-state index is 4.60. The Morgan fingerprint density at radius 2 is 2.10 bits per heavy atom. The summed E-state index contributed by atoms with van der Waals surface area (Å²) in [6, 6.07) is 4.87. The van der Waals surface area contributed by atoms with Crippen molar-refractivity contribution >= 4 is 41.3 Å². The van der Waals surface area contributed by atoms with Crippen molar-refractivity contribution in [3.05, 3.63) is 41.1 Å². The second-order valence-electron chi connectivity index (χ2n) is 8.52. The molecule has 2 saturated heterocycles. The second-order valence-corrected chi connectivity index (χ2v) is 9.55. The van der Waals surface area contributed by atoms with Gasteiger partial charge < -0.3 is 14.8 Å². The Bertz CT molecular complexity index is 755. The van der Waals surface area contributed by atoms with E-state index in [2.05, 4.69) is 60.3 Å². The maximum atomic E-state index is 4.60. The molecule has 2 unspecified atom stereocenters. The summed E-state index contributed by atoms with van der Waals surface area (Å²) in [5.41, 5.74) is 0. The molecule has 0 saturated carbocycles. The standard InChI is InChI=1S/C22H34N6S.HI/c1-18-5-11-27(16-21(18)28-12-8-24-17-28)22(23-2)25-14-19-6-9-26(10-7-19)15-20-4-3-13-29-20;/h3-4,8,12-13,17-19,21H,5-7,9-11,14-16H2,1-2H3,(H,23,25);1H. The van der Waals surface area contributed by atoms with E-state index in [0.717, 1.165) is 38.1 Å². The Morgan fingerprint density at radius 3 is 2.77 bits per heavy atom. The summed E-state index contributed by atoms with van der Waals surface area (Å²) in [7, 11) is 1.91. The van der Waals surface area contributed by atoms with Gasteiger partial charge in [-0.3, -0.25) is 9.89 Å². The van der Waals surface area contributed by atoms with Crippen molar-refractivity contribution in [3.63, 3.8) is 0 Å². The number of guanidine groups is 1. The zero-order valence-electron chi connectivity index (χ0n) is 18.1. The van der Waals surface area contributed by atoms with E-state index < -0.39 is 0 Å². The van der Waals surface area contributed by atoms with Crippen molar-refractivity contribution < 1.29 is 0 Å². The lowest BCUT2D eigenvalue weighted by molar-refractivity contribution is 0.174. The monoisotopic (exact) mass is 542 g/mol. The van der Waals surface area contributed by atoms with Crippen LogP contribution in [0.25, 0.3) is 0 Å². The molecule has 4 rings (SSSR count). The molecule has 2 aliphatic rings. The van der Waals surface area contributed by atoms with E-state index in [4.69, 9.17) is 0 Å². The number of hydrogen-bond acceptors (Lipinski definition) is 4. The predicted octanol–water partition coefficient (Wildman–Crippen LogP) is 3.93. The van der Waals surface area contributed by atoms with E-state index in [1.54, 1.807) is 0 Å². The number of likely N-dealkylation sites (tertiary alicyclic amines) is 2. The minimum Gasteiger partial charge on any atom is -0.356 e. The van der Waals surface area contributed by atoms with Crippen molar-refractivity contribution in [2.75, 3.05) is 39.8 Å². The van der Waals surface area contributed by atoms with Gasteiger partial charge in [0.05, 0.1) is 12.4 Å². The number of piperidine rings is 2. The predicted molar refractivity (Wildman–Crippen MR) is 136 cm³/mol. The SMILES string of the molecule is CN=C(NCC1CCN(Cc2cccs2)CC1)N1CCC(C)C(n2ccnc2)C1.I. The number of aromatic nitrogens is 2. The van der Waals surface area contributed by atoms with Crippen LogP contribution in [0.15, 0.2) is 41.2 Å². The van der Waals surface area contributed by atoms with Gasteiger partial charge in [-0.2, -0.15) is 0 Å². The molecule has 1 N–H and O–H groups in total. The van der Waals surface area contributed by atoms with Crippen molar-refractivity contribution in [3.8, 4) is 0 Å². The van der Waals surface area contributed by atoms with Crippen LogP contribution in [0.4, 0.5) is 0 Å². The summed E-state index contributed by atoms with van der Waals surface area (Å²) in [4.78, 5) is 15.3. The van der Waals surface area contributed by atoms with Crippen LogP contribution in [0.1, 0.15) is 37.1 Å². The number of nitrogens with one attached hydrogen (secondary N) is 1. The first-order valence-corrected chi connectivity index (χ1v) is 11.8. The number of aliphatic imine (C=N–C) groups is 1. The van der Waals surface area contributed by atoms with Crippen LogP contribution in [0.3, 0.4) is 0 Å². The normalized spacial score (nSPS) is 23.9. The van der Waals surface area contributed by atoms with Crippen LogP contribution in [-0.4, -0.2) is 65.1 Å². The molecule has 6 nitrogen and oxygen atoms in total. The molecule has 4 heterocycles. The van der Waals surface area contributed by atoms with Crippen molar-refractivity contribution in [1.82, 2.24) is 24.7 Å². The number of imidazole rings is 1. The lowest BCUT2D eigenvalue weighted by Crippen LogP contribution is -2.50. The van der Waals surface area contributed by atoms with Crippen LogP contribution in [0.2, 0.25) is 0 Å². The Morgan fingerprint density at radius 1 is 1.27 bits per heavy atom. The fourth-order valence-electron chi connectivity index (χ4n) is 4.63. The van der Waals surface area contributed by atoms with Crippen LogP contribution >= 0.6 is 35.3 Å². The molecule has 2 aromatic rings. The smallest absolute Gasteiger partial charge is 0.193 e. The summed E-state index contributed by atoms with van der Waals surface area (Å²) in [5, 5.41) is 5.86. The van der Waals surface area contributed by atoms with Gasteiger partial charge in [0.15, 0.2) is 5.96 Å². The van der Waals surface area contributed by atoms with Gasteiger partial charge in [0.1, 0.15) is 0 Å². The third-order valence-corrected chi connectivity index (χ3v) is 7.41. The molecular weight excluding hydrogens is 507 g/mol. The summed E-state index contributed by atoms with van der Waals surface area (Å²) < 4.78 is 2.26. The topological polar surface area (TPSA) is 48.7 Å². The van der Waals surface area contributed by atoms with E-state index in [-0.39, 0.29) is 24.0 Å². The zero-order chi connectivity index (χ0) is 20.1. The number of halogens is 1. The van der Waals surface area contributed by atoms with Gasteiger partial charge in [-0.05, 0) is 55.6 Å². The van der Waals surface area contributed by atoms with Gasteiger partial charge in [-0.15, -0.1) is 35.3 Å². The lowest BCUT2D eigenvalue weighted by atomic mass is 9.93. The molecule has 0 radical (unpaired) electrons. The molecule has 0 aromatic carbocycles. The first-order valence-electron chi connectivity index (χ1n) is 10.9. The van der Waals surface area contributed by atoms with Crippen LogP contribution in [-0.2, 0) is 6.54 Å². The molecule has 2 atom stereocenters. The molecule has 2 aliphatic heterocycles. The van der Waals surface area contributed by atoms with Gasteiger partial charge in [0, 0.05) is 50.5 Å². The highest BCUT2D eigenvalue weighted by Crippen LogP contribution is 2.27. The molecule has 2 aromatic heterocycles. The highest BCUT2D eigenvalue weighted by molar-refractivity contribution is 14.0. The Kier molecular flexibility index (Phi) is 9.00. The minimum atomic E-state index is 0. The van der Waals surface area contributed by atoms with Crippen molar-refractivity contribution in [2.24, 2.45) is 16.8 Å². The van der Waals surface area contributed by atoms with Gasteiger partial charge in [0.25, 0.3) is 0 Å². The fraction of sp³-hybridized carbons (Fsp3) is 0.636. The second kappa shape index (κ2) is 11.5. The Labute approximate surface area is 201 Å². The number of rotatable bonds is 5. The molecule has 2 fully saturated rings. The average Bonchev–Trinajstić information content (AvgIpc) is 3.45. The van der Waals surface area contributed by atoms with Gasteiger partial charge >= 0.3 is 0 Å². The molecule has 0 bridgehead atoms. The lowest BCUT2D eigenvalue weighted by Gasteiger charge is -2.39. The van der Waals surface area contributed by atoms with Crippen LogP contribution < -0.4 is 5.32 Å². The van der Waals surface area contributed by atoms with Crippen molar-refractivity contribution in [1.29, 1.82) is 0 Å².